The zero-order chi connectivity index (χ0) is 10.3. The fraction of sp³-hybridized carbons (Fsp3) is 1.00. The Kier molecular flexibility index (Phi) is 6.07. The van der Waals surface area contributed by atoms with Crippen molar-refractivity contribution in [2.75, 3.05) is 26.7 Å². The zero-order valence-corrected chi connectivity index (χ0v) is 7.90. The van der Waals surface area contributed by atoms with Gasteiger partial charge in [0.2, 0.25) is 0 Å². The fourth-order valence-corrected chi connectivity index (χ4v) is 1.09. The molecule has 80 valence electrons. The van der Waals surface area contributed by atoms with Gasteiger partial charge < -0.3 is 5.73 Å². The van der Waals surface area contributed by atoms with Crippen LogP contribution >= 0.6 is 0 Å². The number of nitrogens with two attached hydrogens (primary N) is 1. The molecule has 0 aromatic rings. The van der Waals surface area contributed by atoms with Gasteiger partial charge >= 0.3 is 6.18 Å². The largest absolute Gasteiger partial charge is 0.401 e. The van der Waals surface area contributed by atoms with Gasteiger partial charge in [0.05, 0.1) is 6.54 Å². The summed E-state index contributed by atoms with van der Waals surface area (Å²) >= 11 is 0. The van der Waals surface area contributed by atoms with Gasteiger partial charge in [-0.2, -0.15) is 13.2 Å². The van der Waals surface area contributed by atoms with Crippen LogP contribution in [0.2, 0.25) is 0 Å². The van der Waals surface area contributed by atoms with Crippen LogP contribution in [0.1, 0.15) is 19.3 Å². The summed E-state index contributed by atoms with van der Waals surface area (Å²) in [6.45, 7) is 0.276. The second-order valence-corrected chi connectivity index (χ2v) is 3.20. The van der Waals surface area contributed by atoms with Crippen LogP contribution < -0.4 is 5.73 Å². The monoisotopic (exact) mass is 198 g/mol. The molecule has 5 heteroatoms. The summed E-state index contributed by atoms with van der Waals surface area (Å²) in [5, 5.41) is 0. The van der Waals surface area contributed by atoms with Crippen molar-refractivity contribution in [2.24, 2.45) is 5.73 Å². The van der Waals surface area contributed by atoms with Gasteiger partial charge in [0, 0.05) is 0 Å². The van der Waals surface area contributed by atoms with Crippen LogP contribution in [0.4, 0.5) is 13.2 Å². The minimum absolute atomic E-state index is 0.486. The van der Waals surface area contributed by atoms with Crippen LogP contribution in [0, 0.1) is 0 Å². The van der Waals surface area contributed by atoms with Crippen LogP contribution in [-0.2, 0) is 0 Å². The van der Waals surface area contributed by atoms with Crippen LogP contribution in [0.15, 0.2) is 0 Å². The molecule has 0 aromatic carbocycles. The predicted molar refractivity (Wildman–Crippen MR) is 46.5 cm³/mol. The maximum Gasteiger partial charge on any atom is 0.401 e. The molecule has 2 nitrogen and oxygen atoms in total. The maximum absolute atomic E-state index is 11.8. The van der Waals surface area contributed by atoms with Crippen LogP contribution in [0.3, 0.4) is 0 Å². The predicted octanol–water partition coefficient (Wildman–Crippen LogP) is 1.61. The summed E-state index contributed by atoms with van der Waals surface area (Å²) in [6.07, 6.45) is -1.51. The summed E-state index contributed by atoms with van der Waals surface area (Å²) < 4.78 is 35.5. The zero-order valence-electron chi connectivity index (χ0n) is 7.90. The minimum atomic E-state index is -4.08. The lowest BCUT2D eigenvalue weighted by molar-refractivity contribution is -0.143. The Morgan fingerprint density at radius 3 is 2.23 bits per heavy atom. The second-order valence-electron chi connectivity index (χ2n) is 3.20. The molecule has 0 saturated carbocycles. The molecule has 0 amide bonds. The highest BCUT2D eigenvalue weighted by molar-refractivity contribution is 4.58. The molecule has 0 fully saturated rings. The van der Waals surface area contributed by atoms with E-state index < -0.39 is 12.7 Å². The van der Waals surface area contributed by atoms with Crippen molar-refractivity contribution < 1.29 is 13.2 Å². The van der Waals surface area contributed by atoms with Gasteiger partial charge in [0.1, 0.15) is 0 Å². The Labute approximate surface area is 76.9 Å². The van der Waals surface area contributed by atoms with E-state index in [0.717, 1.165) is 19.3 Å². The van der Waals surface area contributed by atoms with E-state index >= 15 is 0 Å². The van der Waals surface area contributed by atoms with Crippen LogP contribution in [0.5, 0.6) is 0 Å². The molecule has 0 aliphatic heterocycles. The second kappa shape index (κ2) is 6.21. The Hall–Kier alpha value is -0.290. The number of rotatable bonds is 6. The van der Waals surface area contributed by atoms with E-state index in [4.69, 9.17) is 5.73 Å². The van der Waals surface area contributed by atoms with Crippen LogP contribution in [0.25, 0.3) is 0 Å². The highest BCUT2D eigenvalue weighted by Crippen LogP contribution is 2.15. The van der Waals surface area contributed by atoms with Gasteiger partial charge in [-0.1, -0.05) is 6.42 Å². The third-order valence-corrected chi connectivity index (χ3v) is 1.69. The normalized spacial score (nSPS) is 12.5. The lowest BCUT2D eigenvalue weighted by atomic mass is 10.2. The highest BCUT2D eigenvalue weighted by Gasteiger charge is 2.28. The molecule has 0 saturated heterocycles. The van der Waals surface area contributed by atoms with Gasteiger partial charge in [0.25, 0.3) is 0 Å². The van der Waals surface area contributed by atoms with E-state index in [1.807, 2.05) is 0 Å². The average Bonchev–Trinajstić information content (AvgIpc) is 1.94. The molecule has 0 rings (SSSR count). The highest BCUT2D eigenvalue weighted by atomic mass is 19.4. The van der Waals surface area contributed by atoms with Gasteiger partial charge in [-0.05, 0) is 33.0 Å². The Bertz CT molecular complexity index is 125. The van der Waals surface area contributed by atoms with Gasteiger partial charge in [-0.15, -0.1) is 0 Å². The summed E-state index contributed by atoms with van der Waals surface area (Å²) in [5.41, 5.74) is 5.25. The first kappa shape index (κ1) is 12.7. The van der Waals surface area contributed by atoms with Crippen molar-refractivity contribution in [1.29, 1.82) is 0 Å². The van der Waals surface area contributed by atoms with E-state index in [-0.39, 0.29) is 0 Å². The average molecular weight is 198 g/mol. The van der Waals surface area contributed by atoms with E-state index in [0.29, 0.717) is 13.1 Å². The Morgan fingerprint density at radius 1 is 1.15 bits per heavy atom. The number of unbranched alkanes of at least 4 members (excludes halogenated alkanes) is 2. The third kappa shape index (κ3) is 9.63. The molecule has 0 bridgehead atoms. The maximum atomic E-state index is 11.8. The fourth-order valence-electron chi connectivity index (χ4n) is 1.09. The van der Waals surface area contributed by atoms with Crippen molar-refractivity contribution in [3.05, 3.63) is 0 Å². The van der Waals surface area contributed by atoms with Crippen molar-refractivity contribution >= 4 is 0 Å². The summed E-state index contributed by atoms with van der Waals surface area (Å²) in [6, 6.07) is 0. The van der Waals surface area contributed by atoms with E-state index in [2.05, 4.69) is 0 Å². The molecule has 0 unspecified atom stereocenters. The number of halogens is 3. The molecule has 0 atom stereocenters. The molecular weight excluding hydrogens is 181 g/mol. The van der Waals surface area contributed by atoms with E-state index in [1.165, 1.54) is 11.9 Å². The van der Waals surface area contributed by atoms with Gasteiger partial charge in [0.15, 0.2) is 0 Å². The first-order valence-corrected chi connectivity index (χ1v) is 4.41. The molecule has 0 aliphatic carbocycles. The number of nitrogens with zero attached hydrogens (tertiary/aromatic N) is 1. The third-order valence-electron chi connectivity index (χ3n) is 1.69. The van der Waals surface area contributed by atoms with E-state index in [1.54, 1.807) is 0 Å². The number of hydrogen-bond acceptors (Lipinski definition) is 2. The molecular formula is C8H17F3N2. The van der Waals surface area contributed by atoms with Crippen molar-refractivity contribution in [3.8, 4) is 0 Å². The molecule has 0 heterocycles. The molecule has 0 aliphatic rings. The Balaban J connectivity index is 3.35. The molecule has 0 aromatic heterocycles. The first-order valence-electron chi connectivity index (χ1n) is 4.41. The Morgan fingerprint density at radius 2 is 1.77 bits per heavy atom. The standard InChI is InChI=1S/C8H17F3N2/c1-13(7-8(9,10)11)6-4-2-3-5-12/h2-7,12H2,1H3. The molecule has 0 radical (unpaired) electrons. The molecule has 13 heavy (non-hydrogen) atoms. The summed E-state index contributed by atoms with van der Waals surface area (Å²) in [7, 11) is 1.48. The molecule has 2 N–H and O–H groups in total. The smallest absolute Gasteiger partial charge is 0.330 e. The van der Waals surface area contributed by atoms with Crippen molar-refractivity contribution in [3.63, 3.8) is 0 Å². The first-order chi connectivity index (χ1) is 5.95. The van der Waals surface area contributed by atoms with Gasteiger partial charge in [-0.25, -0.2) is 0 Å². The van der Waals surface area contributed by atoms with Crippen molar-refractivity contribution in [1.82, 2.24) is 4.90 Å². The van der Waals surface area contributed by atoms with E-state index in [9.17, 15) is 13.2 Å². The minimum Gasteiger partial charge on any atom is -0.330 e. The van der Waals surface area contributed by atoms with Crippen molar-refractivity contribution in [2.45, 2.75) is 25.4 Å². The number of hydrogen-bond donors (Lipinski definition) is 1. The summed E-state index contributed by atoms with van der Waals surface area (Å²) in [4.78, 5) is 1.29. The lowest BCUT2D eigenvalue weighted by Gasteiger charge is -2.17. The quantitative estimate of drug-likeness (QED) is 0.657. The SMILES string of the molecule is CN(CCCCCN)CC(F)(F)F. The lowest BCUT2D eigenvalue weighted by Crippen LogP contribution is -2.31. The topological polar surface area (TPSA) is 29.3 Å². The van der Waals surface area contributed by atoms with Crippen LogP contribution in [-0.4, -0.2) is 37.8 Å². The number of alkyl halides is 3. The summed E-state index contributed by atoms with van der Waals surface area (Å²) in [5.74, 6) is 0. The molecule has 0 spiro atoms. The van der Waals surface area contributed by atoms with Gasteiger partial charge in [-0.3, -0.25) is 4.90 Å².